The minimum Gasteiger partial charge on any atom is -0.508 e. The van der Waals surface area contributed by atoms with Crippen molar-refractivity contribution in [3.05, 3.63) is 50.9 Å². The Morgan fingerprint density at radius 3 is 2.33 bits per heavy atom. The van der Waals surface area contributed by atoms with Crippen LogP contribution in [0.25, 0.3) is 11.2 Å². The van der Waals surface area contributed by atoms with Crippen molar-refractivity contribution in [2.24, 2.45) is 14.1 Å². The zero-order valence-electron chi connectivity index (χ0n) is 13.0. The molecule has 0 fully saturated rings. The van der Waals surface area contributed by atoms with E-state index >= 15 is 0 Å². The van der Waals surface area contributed by atoms with Gasteiger partial charge in [0, 0.05) is 20.2 Å². The Kier molecular flexibility index (Phi) is 3.64. The molecule has 0 aliphatic carbocycles. The van der Waals surface area contributed by atoms with E-state index in [4.69, 9.17) is 0 Å². The van der Waals surface area contributed by atoms with Crippen LogP contribution < -0.4 is 11.2 Å². The predicted octanol–water partition coefficient (Wildman–Crippen LogP) is -0.422. The first-order chi connectivity index (χ1) is 11.3. The maximum atomic E-state index is 12.3. The molecule has 9 nitrogen and oxygen atoms in total. The highest BCUT2D eigenvalue weighted by Gasteiger charge is 2.17. The normalized spacial score (nSPS) is 12.6. The number of imidazole rings is 1. The molecular formula is C15H16N4O5. The summed E-state index contributed by atoms with van der Waals surface area (Å²) in [6.07, 6.45) is 0.263. The molecule has 2 aromatic heterocycles. The molecule has 1 unspecified atom stereocenters. The summed E-state index contributed by atoms with van der Waals surface area (Å²) < 4.78 is 3.65. The van der Waals surface area contributed by atoms with Crippen molar-refractivity contribution in [3.8, 4) is 11.5 Å². The summed E-state index contributed by atoms with van der Waals surface area (Å²) >= 11 is 0. The summed E-state index contributed by atoms with van der Waals surface area (Å²) in [6.45, 7) is -0.0349. The first kappa shape index (κ1) is 15.8. The predicted molar refractivity (Wildman–Crippen MR) is 84.9 cm³/mol. The van der Waals surface area contributed by atoms with Crippen molar-refractivity contribution in [1.82, 2.24) is 18.7 Å². The number of aromatic hydroxyl groups is 2. The number of phenols is 2. The molecule has 0 saturated carbocycles. The van der Waals surface area contributed by atoms with Crippen LogP contribution in [0.1, 0.15) is 11.7 Å². The van der Waals surface area contributed by atoms with Crippen LogP contribution in [-0.2, 0) is 20.6 Å². The van der Waals surface area contributed by atoms with Gasteiger partial charge in [-0.25, -0.2) is 9.78 Å². The minimum absolute atomic E-state index is 0.0349. The summed E-state index contributed by atoms with van der Waals surface area (Å²) in [7, 11) is 2.87. The highest BCUT2D eigenvalue weighted by atomic mass is 16.3. The average Bonchev–Trinajstić information content (AvgIpc) is 2.93. The number of aliphatic hydroxyl groups is 1. The Morgan fingerprint density at radius 2 is 1.71 bits per heavy atom. The number of aryl methyl sites for hydroxylation is 1. The lowest BCUT2D eigenvalue weighted by Crippen LogP contribution is -2.37. The highest BCUT2D eigenvalue weighted by Crippen LogP contribution is 2.26. The van der Waals surface area contributed by atoms with E-state index in [0.717, 1.165) is 10.6 Å². The van der Waals surface area contributed by atoms with Gasteiger partial charge in [-0.05, 0) is 17.7 Å². The number of benzene rings is 1. The second-order valence-corrected chi connectivity index (χ2v) is 5.57. The zero-order valence-corrected chi connectivity index (χ0v) is 13.0. The van der Waals surface area contributed by atoms with Crippen LogP contribution in [0.5, 0.6) is 11.5 Å². The van der Waals surface area contributed by atoms with Crippen molar-refractivity contribution in [1.29, 1.82) is 0 Å². The molecule has 0 bridgehead atoms. The van der Waals surface area contributed by atoms with Crippen LogP contribution in [0.2, 0.25) is 0 Å². The van der Waals surface area contributed by atoms with E-state index in [1.165, 1.54) is 41.7 Å². The van der Waals surface area contributed by atoms with E-state index in [0.29, 0.717) is 0 Å². The van der Waals surface area contributed by atoms with Gasteiger partial charge in [0.1, 0.15) is 11.5 Å². The standard InChI is InChI=1S/C15H16N4O5/c1-17-13-12(14(23)18(2)15(17)24)19(7-16-13)6-11(22)8-3-9(20)5-10(21)4-8/h3-5,7,11,20-22H,6H2,1-2H3. The summed E-state index contributed by atoms with van der Waals surface area (Å²) in [4.78, 5) is 28.3. The summed E-state index contributed by atoms with van der Waals surface area (Å²) in [6, 6.07) is 3.78. The molecule has 0 aliphatic rings. The zero-order chi connectivity index (χ0) is 17.6. The van der Waals surface area contributed by atoms with Gasteiger partial charge in [0.05, 0.1) is 19.0 Å². The van der Waals surface area contributed by atoms with E-state index in [1.54, 1.807) is 0 Å². The van der Waals surface area contributed by atoms with Crippen molar-refractivity contribution < 1.29 is 15.3 Å². The fourth-order valence-electron chi connectivity index (χ4n) is 2.64. The van der Waals surface area contributed by atoms with Crippen LogP contribution in [-0.4, -0.2) is 34.0 Å². The third kappa shape index (κ3) is 2.44. The largest absolute Gasteiger partial charge is 0.508 e. The smallest absolute Gasteiger partial charge is 0.332 e. The lowest BCUT2D eigenvalue weighted by Gasteiger charge is -2.13. The number of fused-ring (bicyclic) bond motifs is 1. The molecule has 0 amide bonds. The van der Waals surface area contributed by atoms with Gasteiger partial charge in [-0.2, -0.15) is 0 Å². The molecule has 1 aromatic carbocycles. The maximum Gasteiger partial charge on any atom is 0.332 e. The number of aliphatic hydroxyl groups excluding tert-OH is 1. The van der Waals surface area contributed by atoms with Gasteiger partial charge in [-0.15, -0.1) is 0 Å². The van der Waals surface area contributed by atoms with E-state index in [2.05, 4.69) is 4.98 Å². The van der Waals surface area contributed by atoms with E-state index in [1.807, 2.05) is 0 Å². The SMILES string of the molecule is Cn1c(=O)c2c(ncn2CC(O)c2cc(O)cc(O)c2)n(C)c1=O. The van der Waals surface area contributed by atoms with Gasteiger partial charge in [-0.3, -0.25) is 13.9 Å². The Bertz CT molecular complexity index is 1030. The van der Waals surface area contributed by atoms with Gasteiger partial charge in [0.25, 0.3) is 5.56 Å². The van der Waals surface area contributed by atoms with Crippen LogP contribution in [0.4, 0.5) is 0 Å². The number of hydrogen-bond acceptors (Lipinski definition) is 6. The van der Waals surface area contributed by atoms with Gasteiger partial charge in [0.2, 0.25) is 0 Å². The van der Waals surface area contributed by atoms with Crippen LogP contribution in [0, 0.1) is 0 Å². The molecule has 0 aliphatic heterocycles. The van der Waals surface area contributed by atoms with Gasteiger partial charge >= 0.3 is 5.69 Å². The molecule has 0 saturated heterocycles. The molecular weight excluding hydrogens is 316 g/mol. The summed E-state index contributed by atoms with van der Waals surface area (Å²) in [5.41, 5.74) is -0.319. The molecule has 126 valence electrons. The molecule has 3 N–H and O–H groups in total. The molecule has 0 spiro atoms. The molecule has 3 rings (SSSR count). The minimum atomic E-state index is -1.10. The first-order valence-corrected chi connectivity index (χ1v) is 7.11. The van der Waals surface area contributed by atoms with Crippen LogP contribution >= 0.6 is 0 Å². The number of hydrogen-bond donors (Lipinski definition) is 3. The highest BCUT2D eigenvalue weighted by molar-refractivity contribution is 5.69. The van der Waals surface area contributed by atoms with E-state index in [9.17, 15) is 24.9 Å². The van der Waals surface area contributed by atoms with Crippen molar-refractivity contribution >= 4 is 11.2 Å². The molecule has 3 aromatic rings. The van der Waals surface area contributed by atoms with Gasteiger partial charge < -0.3 is 19.9 Å². The Labute approximate surface area is 135 Å². The number of phenolic OH excluding ortho intramolecular Hbond substituents is 2. The average molecular weight is 332 g/mol. The Morgan fingerprint density at radius 1 is 1.08 bits per heavy atom. The van der Waals surface area contributed by atoms with Gasteiger partial charge in [0.15, 0.2) is 11.2 Å². The number of nitrogens with zero attached hydrogens (tertiary/aromatic N) is 4. The van der Waals surface area contributed by atoms with Crippen molar-refractivity contribution in [3.63, 3.8) is 0 Å². The quantitative estimate of drug-likeness (QED) is 0.599. The molecule has 0 radical (unpaired) electrons. The Hall–Kier alpha value is -3.07. The van der Waals surface area contributed by atoms with Gasteiger partial charge in [-0.1, -0.05) is 0 Å². The topological polar surface area (TPSA) is 123 Å². The second kappa shape index (κ2) is 5.53. The van der Waals surface area contributed by atoms with Crippen LogP contribution in [0.3, 0.4) is 0 Å². The molecule has 1 atom stereocenters. The number of aromatic nitrogens is 4. The third-order valence-corrected chi connectivity index (χ3v) is 3.90. The maximum absolute atomic E-state index is 12.3. The number of rotatable bonds is 3. The lowest BCUT2D eigenvalue weighted by molar-refractivity contribution is 0.157. The fourth-order valence-corrected chi connectivity index (χ4v) is 2.64. The lowest BCUT2D eigenvalue weighted by atomic mass is 10.1. The second-order valence-electron chi connectivity index (χ2n) is 5.57. The van der Waals surface area contributed by atoms with Crippen molar-refractivity contribution in [2.45, 2.75) is 12.6 Å². The van der Waals surface area contributed by atoms with Crippen molar-refractivity contribution in [2.75, 3.05) is 0 Å². The van der Waals surface area contributed by atoms with E-state index in [-0.39, 0.29) is 34.8 Å². The fraction of sp³-hybridized carbons (Fsp3) is 0.267. The van der Waals surface area contributed by atoms with E-state index < -0.39 is 17.4 Å². The van der Waals surface area contributed by atoms with Crippen LogP contribution in [0.15, 0.2) is 34.1 Å². The molecule has 24 heavy (non-hydrogen) atoms. The molecule has 2 heterocycles. The molecule has 9 heteroatoms. The monoisotopic (exact) mass is 332 g/mol. The summed E-state index contributed by atoms with van der Waals surface area (Å²) in [5.74, 6) is -0.365. The summed E-state index contributed by atoms with van der Waals surface area (Å²) in [5, 5.41) is 29.3. The first-order valence-electron chi connectivity index (χ1n) is 7.11. The third-order valence-electron chi connectivity index (χ3n) is 3.90. The Balaban J connectivity index is 2.08.